The van der Waals surface area contributed by atoms with Gasteiger partial charge in [-0.1, -0.05) is 6.42 Å². The zero-order valence-electron chi connectivity index (χ0n) is 12.9. The Kier molecular flexibility index (Phi) is 3.93. The Morgan fingerprint density at radius 1 is 1.24 bits per heavy atom. The van der Waals surface area contributed by atoms with Crippen LogP contribution in [0.15, 0.2) is 0 Å². The summed E-state index contributed by atoms with van der Waals surface area (Å²) in [5, 5.41) is 2.58. The highest BCUT2D eigenvalue weighted by atomic mass is 32.2. The van der Waals surface area contributed by atoms with Gasteiger partial charge in [-0.05, 0) is 50.9 Å². The SMILES string of the molecule is C[C@@H]1[C@H](C)S(=O)(=O)CCN1C(=O)NC[C@H]1C[C@H]2CC[C@H]1C2. The van der Waals surface area contributed by atoms with Crippen molar-refractivity contribution in [3.8, 4) is 0 Å². The molecule has 120 valence electrons. The number of nitrogens with one attached hydrogen (secondary N) is 1. The topological polar surface area (TPSA) is 66.5 Å². The van der Waals surface area contributed by atoms with E-state index in [9.17, 15) is 13.2 Å². The van der Waals surface area contributed by atoms with E-state index in [0.29, 0.717) is 12.5 Å². The molecule has 2 amide bonds. The van der Waals surface area contributed by atoms with Crippen LogP contribution in [0, 0.1) is 17.8 Å². The highest BCUT2D eigenvalue weighted by Gasteiger charge is 2.41. The van der Waals surface area contributed by atoms with E-state index in [0.717, 1.165) is 18.4 Å². The first-order valence-electron chi connectivity index (χ1n) is 8.14. The summed E-state index contributed by atoms with van der Waals surface area (Å²) in [7, 11) is -3.04. The molecular formula is C15H26N2O3S. The molecule has 0 aromatic heterocycles. The van der Waals surface area contributed by atoms with Gasteiger partial charge in [0.2, 0.25) is 0 Å². The third-order valence-electron chi connectivity index (χ3n) is 6.01. The smallest absolute Gasteiger partial charge is 0.317 e. The molecule has 0 aromatic rings. The van der Waals surface area contributed by atoms with E-state index in [4.69, 9.17) is 0 Å². The molecule has 3 aliphatic rings. The van der Waals surface area contributed by atoms with Gasteiger partial charge in [0.25, 0.3) is 0 Å². The van der Waals surface area contributed by atoms with Crippen molar-refractivity contribution in [3.63, 3.8) is 0 Å². The molecule has 1 heterocycles. The summed E-state index contributed by atoms with van der Waals surface area (Å²) in [6.07, 6.45) is 5.29. The van der Waals surface area contributed by atoms with Crippen molar-refractivity contribution in [2.75, 3.05) is 18.8 Å². The molecule has 0 spiro atoms. The van der Waals surface area contributed by atoms with Gasteiger partial charge in [-0.15, -0.1) is 0 Å². The molecular weight excluding hydrogens is 288 g/mol. The fraction of sp³-hybridized carbons (Fsp3) is 0.933. The second kappa shape index (κ2) is 5.45. The fourth-order valence-corrected chi connectivity index (χ4v) is 5.97. The van der Waals surface area contributed by atoms with Crippen LogP contribution >= 0.6 is 0 Å². The van der Waals surface area contributed by atoms with E-state index in [-0.39, 0.29) is 17.8 Å². The second-order valence-electron chi connectivity index (χ2n) is 7.13. The van der Waals surface area contributed by atoms with Crippen LogP contribution in [-0.4, -0.2) is 49.5 Å². The number of hydrogen-bond acceptors (Lipinski definition) is 3. The lowest BCUT2D eigenvalue weighted by Crippen LogP contribution is -2.57. The fourth-order valence-electron chi connectivity index (χ4n) is 4.40. The van der Waals surface area contributed by atoms with Crippen molar-refractivity contribution in [3.05, 3.63) is 0 Å². The van der Waals surface area contributed by atoms with Crippen molar-refractivity contribution in [2.24, 2.45) is 17.8 Å². The third kappa shape index (κ3) is 2.79. The van der Waals surface area contributed by atoms with Gasteiger partial charge < -0.3 is 10.2 Å². The minimum absolute atomic E-state index is 0.0834. The van der Waals surface area contributed by atoms with Gasteiger partial charge in [-0.2, -0.15) is 0 Å². The van der Waals surface area contributed by atoms with Crippen LogP contribution in [0.2, 0.25) is 0 Å². The van der Waals surface area contributed by atoms with E-state index in [1.807, 2.05) is 6.92 Å². The number of urea groups is 1. The standard InChI is InChI=1S/C15H26N2O3S/c1-10-11(2)21(19,20)6-5-17(10)15(18)16-9-14-8-12-3-4-13(14)7-12/h10-14H,3-9H2,1-2H3,(H,16,18)/t10-,11+,12+,13+,14-/m1/s1. The molecule has 0 unspecified atom stereocenters. The first-order valence-corrected chi connectivity index (χ1v) is 9.86. The predicted molar refractivity (Wildman–Crippen MR) is 81.8 cm³/mol. The average Bonchev–Trinajstić information content (AvgIpc) is 3.05. The van der Waals surface area contributed by atoms with Crippen LogP contribution in [-0.2, 0) is 9.84 Å². The van der Waals surface area contributed by atoms with Crippen LogP contribution in [0.4, 0.5) is 4.79 Å². The summed E-state index contributed by atoms with van der Waals surface area (Å²) in [6.45, 7) is 4.61. The molecule has 6 heteroatoms. The zero-order chi connectivity index (χ0) is 15.2. The lowest BCUT2D eigenvalue weighted by Gasteiger charge is -2.37. The summed E-state index contributed by atoms with van der Waals surface area (Å²) in [5.74, 6) is 2.40. The Morgan fingerprint density at radius 3 is 2.62 bits per heavy atom. The van der Waals surface area contributed by atoms with Gasteiger partial charge in [0.1, 0.15) is 0 Å². The van der Waals surface area contributed by atoms with Gasteiger partial charge in [0, 0.05) is 19.1 Å². The van der Waals surface area contributed by atoms with Crippen LogP contribution < -0.4 is 5.32 Å². The summed E-state index contributed by atoms with van der Waals surface area (Å²) in [6, 6.07) is -0.337. The summed E-state index contributed by atoms with van der Waals surface area (Å²) in [5.41, 5.74) is 0. The Labute approximate surface area is 127 Å². The first-order chi connectivity index (χ1) is 9.88. The maximum atomic E-state index is 12.3. The van der Waals surface area contributed by atoms with Gasteiger partial charge in [-0.3, -0.25) is 0 Å². The number of amides is 2. The molecule has 1 saturated heterocycles. The molecule has 5 atom stereocenters. The number of fused-ring (bicyclic) bond motifs is 2. The predicted octanol–water partition coefficient (Wildman–Crippen LogP) is 1.64. The Hall–Kier alpha value is -0.780. The number of carbonyl (C=O) groups excluding carboxylic acids is 1. The molecule has 5 nitrogen and oxygen atoms in total. The Balaban J connectivity index is 1.54. The highest BCUT2D eigenvalue weighted by Crippen LogP contribution is 2.47. The minimum atomic E-state index is -3.04. The van der Waals surface area contributed by atoms with E-state index in [1.54, 1.807) is 11.8 Å². The van der Waals surface area contributed by atoms with Crippen molar-refractivity contribution in [2.45, 2.75) is 50.8 Å². The highest BCUT2D eigenvalue weighted by molar-refractivity contribution is 7.92. The zero-order valence-corrected chi connectivity index (χ0v) is 13.7. The van der Waals surface area contributed by atoms with E-state index >= 15 is 0 Å². The van der Waals surface area contributed by atoms with Gasteiger partial charge >= 0.3 is 6.03 Å². The number of hydrogen-bond donors (Lipinski definition) is 1. The van der Waals surface area contributed by atoms with E-state index in [1.165, 1.54) is 25.7 Å². The first kappa shape index (κ1) is 15.1. The van der Waals surface area contributed by atoms with Gasteiger partial charge in [0.15, 0.2) is 9.84 Å². The molecule has 1 aliphatic heterocycles. The van der Waals surface area contributed by atoms with Gasteiger partial charge in [0.05, 0.1) is 11.0 Å². The second-order valence-corrected chi connectivity index (χ2v) is 9.60. The van der Waals surface area contributed by atoms with Crippen molar-refractivity contribution >= 4 is 15.9 Å². The lowest BCUT2D eigenvalue weighted by molar-refractivity contribution is 0.174. The van der Waals surface area contributed by atoms with E-state index in [2.05, 4.69) is 5.32 Å². The number of sulfone groups is 1. The monoisotopic (exact) mass is 314 g/mol. The average molecular weight is 314 g/mol. The summed E-state index contributed by atoms with van der Waals surface area (Å²) in [4.78, 5) is 14.0. The van der Waals surface area contributed by atoms with Crippen LogP contribution in [0.5, 0.6) is 0 Å². The van der Waals surface area contributed by atoms with Crippen molar-refractivity contribution in [1.82, 2.24) is 10.2 Å². The normalized spacial score (nSPS) is 41.2. The van der Waals surface area contributed by atoms with Gasteiger partial charge in [-0.25, -0.2) is 13.2 Å². The molecule has 2 saturated carbocycles. The molecule has 0 radical (unpaired) electrons. The van der Waals surface area contributed by atoms with Crippen LogP contribution in [0.1, 0.15) is 39.5 Å². The van der Waals surface area contributed by atoms with E-state index < -0.39 is 15.1 Å². The quantitative estimate of drug-likeness (QED) is 0.842. The number of nitrogens with zero attached hydrogens (tertiary/aromatic N) is 1. The molecule has 21 heavy (non-hydrogen) atoms. The molecule has 0 aromatic carbocycles. The lowest BCUT2D eigenvalue weighted by atomic mass is 9.89. The third-order valence-corrected chi connectivity index (χ3v) is 8.29. The Morgan fingerprint density at radius 2 is 2.00 bits per heavy atom. The maximum Gasteiger partial charge on any atom is 0.317 e. The summed E-state index contributed by atoms with van der Waals surface area (Å²) >= 11 is 0. The molecule has 2 aliphatic carbocycles. The van der Waals surface area contributed by atoms with Crippen LogP contribution in [0.25, 0.3) is 0 Å². The largest absolute Gasteiger partial charge is 0.338 e. The summed E-state index contributed by atoms with van der Waals surface area (Å²) < 4.78 is 23.7. The Bertz CT molecular complexity index is 519. The maximum absolute atomic E-state index is 12.3. The van der Waals surface area contributed by atoms with Crippen LogP contribution in [0.3, 0.4) is 0 Å². The molecule has 1 N–H and O–H groups in total. The van der Waals surface area contributed by atoms with Crippen molar-refractivity contribution in [1.29, 1.82) is 0 Å². The molecule has 2 bridgehead atoms. The van der Waals surface area contributed by atoms with Crippen molar-refractivity contribution < 1.29 is 13.2 Å². The molecule has 3 rings (SSSR count). The molecule has 3 fully saturated rings. The number of carbonyl (C=O) groups is 1. The number of rotatable bonds is 2. The minimum Gasteiger partial charge on any atom is -0.338 e.